The number of anilines is 1. The summed E-state index contributed by atoms with van der Waals surface area (Å²) < 4.78 is 11.2. The maximum atomic E-state index is 12.9. The lowest BCUT2D eigenvalue weighted by molar-refractivity contribution is -0.126. The van der Waals surface area contributed by atoms with E-state index < -0.39 is 0 Å². The van der Waals surface area contributed by atoms with Gasteiger partial charge in [-0.15, -0.1) is 0 Å². The van der Waals surface area contributed by atoms with Crippen molar-refractivity contribution >= 4 is 17.5 Å². The van der Waals surface area contributed by atoms with Crippen molar-refractivity contribution in [3.8, 4) is 11.5 Å². The molecule has 1 unspecified atom stereocenters. The van der Waals surface area contributed by atoms with Gasteiger partial charge in [0.1, 0.15) is 13.2 Å². The van der Waals surface area contributed by atoms with Crippen LogP contribution in [0, 0.1) is 5.92 Å². The number of carbonyl (C=O) groups excluding carboxylic acids is 2. The number of rotatable bonds is 7. The van der Waals surface area contributed by atoms with Gasteiger partial charge in [0.15, 0.2) is 11.5 Å². The molecular weight excluding hydrogens is 406 g/mol. The minimum atomic E-state index is -0.374. The molecule has 0 aromatic heterocycles. The molecule has 0 aliphatic carbocycles. The summed E-state index contributed by atoms with van der Waals surface area (Å²) in [5.74, 6) is 0.799. The maximum Gasteiger partial charge on any atom is 0.227 e. The molecule has 2 aromatic rings. The van der Waals surface area contributed by atoms with Gasteiger partial charge in [0.05, 0.1) is 5.92 Å². The maximum absolute atomic E-state index is 12.9. The van der Waals surface area contributed by atoms with Crippen molar-refractivity contribution in [2.24, 2.45) is 5.92 Å². The van der Waals surface area contributed by atoms with Gasteiger partial charge in [-0.3, -0.25) is 14.5 Å². The van der Waals surface area contributed by atoms with Crippen molar-refractivity contribution in [1.29, 1.82) is 0 Å². The molecule has 2 amide bonds. The van der Waals surface area contributed by atoms with Crippen LogP contribution in [0.4, 0.5) is 5.69 Å². The summed E-state index contributed by atoms with van der Waals surface area (Å²) in [6.45, 7) is 6.98. The number of amides is 2. The smallest absolute Gasteiger partial charge is 0.227 e. The molecule has 4 rings (SSSR count). The zero-order valence-electron chi connectivity index (χ0n) is 19.0. The van der Waals surface area contributed by atoms with Gasteiger partial charge in [-0.2, -0.15) is 0 Å². The van der Waals surface area contributed by atoms with E-state index in [1.807, 2.05) is 36.4 Å². The van der Waals surface area contributed by atoms with Crippen molar-refractivity contribution in [2.75, 3.05) is 31.7 Å². The Hall–Kier alpha value is -3.06. The van der Waals surface area contributed by atoms with Crippen LogP contribution in [0.1, 0.15) is 31.4 Å². The van der Waals surface area contributed by atoms with Crippen LogP contribution in [-0.4, -0.2) is 49.6 Å². The first-order valence-electron chi connectivity index (χ1n) is 11.2. The number of hydrogen-bond donors (Lipinski definition) is 1. The van der Waals surface area contributed by atoms with E-state index >= 15 is 0 Å². The molecule has 1 atom stereocenters. The van der Waals surface area contributed by atoms with E-state index in [-0.39, 0.29) is 24.2 Å². The molecular formula is C25H31N3O4. The Labute approximate surface area is 189 Å². The third-order valence-corrected chi connectivity index (χ3v) is 6.21. The predicted molar refractivity (Wildman–Crippen MR) is 123 cm³/mol. The summed E-state index contributed by atoms with van der Waals surface area (Å²) in [4.78, 5) is 29.4. The number of fused-ring (bicyclic) bond motifs is 1. The van der Waals surface area contributed by atoms with Gasteiger partial charge in [-0.05, 0) is 44.2 Å². The Morgan fingerprint density at radius 2 is 1.84 bits per heavy atom. The van der Waals surface area contributed by atoms with E-state index in [4.69, 9.17) is 9.47 Å². The highest BCUT2D eigenvalue weighted by Gasteiger charge is 2.35. The molecule has 0 saturated carbocycles. The highest BCUT2D eigenvalue weighted by Crippen LogP contribution is 2.36. The normalized spacial score (nSPS) is 17.8. The van der Waals surface area contributed by atoms with Gasteiger partial charge in [-0.25, -0.2) is 0 Å². The quantitative estimate of drug-likeness (QED) is 0.721. The number of hydrogen-bond acceptors (Lipinski definition) is 5. The average Bonchev–Trinajstić information content (AvgIpc) is 3.19. The molecule has 1 saturated heterocycles. The number of benzene rings is 2. The molecule has 7 nitrogen and oxygen atoms in total. The fourth-order valence-corrected chi connectivity index (χ4v) is 3.99. The fourth-order valence-electron chi connectivity index (χ4n) is 3.99. The Bertz CT molecular complexity index is 991. The molecule has 0 spiro atoms. The van der Waals surface area contributed by atoms with Crippen LogP contribution >= 0.6 is 0 Å². The Morgan fingerprint density at radius 1 is 1.12 bits per heavy atom. The Morgan fingerprint density at radius 3 is 2.59 bits per heavy atom. The van der Waals surface area contributed by atoms with E-state index in [9.17, 15) is 9.59 Å². The highest BCUT2D eigenvalue weighted by atomic mass is 16.6. The van der Waals surface area contributed by atoms with Gasteiger partial charge in [0.2, 0.25) is 11.8 Å². The van der Waals surface area contributed by atoms with E-state index in [0.717, 1.165) is 17.8 Å². The van der Waals surface area contributed by atoms with Crippen molar-refractivity contribution in [1.82, 2.24) is 10.2 Å². The number of nitrogens with one attached hydrogen (secondary N) is 1. The largest absolute Gasteiger partial charge is 0.486 e. The second kappa shape index (κ2) is 9.61. The van der Waals surface area contributed by atoms with E-state index in [1.54, 1.807) is 4.90 Å². The van der Waals surface area contributed by atoms with Gasteiger partial charge in [0.25, 0.3) is 0 Å². The molecule has 1 N–H and O–H groups in total. The van der Waals surface area contributed by atoms with E-state index in [0.29, 0.717) is 43.8 Å². The zero-order chi connectivity index (χ0) is 22.7. The predicted octanol–water partition coefficient (Wildman–Crippen LogP) is 2.97. The highest BCUT2D eigenvalue weighted by molar-refractivity contribution is 6.00. The first kappa shape index (κ1) is 22.1. The number of ether oxygens (including phenoxy) is 2. The third kappa shape index (κ3) is 4.88. The molecule has 7 heteroatoms. The summed E-state index contributed by atoms with van der Waals surface area (Å²) in [6.07, 6.45) is 0.206. The van der Waals surface area contributed by atoms with Crippen molar-refractivity contribution in [3.05, 3.63) is 53.6 Å². The molecule has 2 heterocycles. The van der Waals surface area contributed by atoms with E-state index in [2.05, 4.69) is 37.2 Å². The van der Waals surface area contributed by atoms with Gasteiger partial charge >= 0.3 is 0 Å². The number of nitrogens with zero attached hydrogens (tertiary/aromatic N) is 2. The summed E-state index contributed by atoms with van der Waals surface area (Å²) in [6, 6.07) is 14.1. The lowest BCUT2D eigenvalue weighted by atomic mass is 10.1. The molecule has 0 bridgehead atoms. The SMILES string of the molecule is CC(C)N(C)Cc1ccccc1CNC(=O)C1CC(=O)N(c2ccc3c(c2)OCCO3)C1. The topological polar surface area (TPSA) is 71.1 Å². The van der Waals surface area contributed by atoms with Crippen LogP contribution < -0.4 is 19.7 Å². The Kier molecular flexibility index (Phi) is 6.65. The second-order valence-corrected chi connectivity index (χ2v) is 8.73. The standard InChI is InChI=1S/C25H31N3O4/c1-17(2)27(3)15-19-7-5-4-6-18(19)14-26-25(30)20-12-24(29)28(16-20)21-8-9-22-23(13-21)32-11-10-31-22/h4-9,13,17,20H,10-12,14-16H2,1-3H3,(H,26,30). The minimum Gasteiger partial charge on any atom is -0.486 e. The molecule has 32 heavy (non-hydrogen) atoms. The minimum absolute atomic E-state index is 0.0548. The second-order valence-electron chi connectivity index (χ2n) is 8.73. The summed E-state index contributed by atoms with van der Waals surface area (Å²) in [5.41, 5.74) is 3.03. The molecule has 170 valence electrons. The fraction of sp³-hybridized carbons (Fsp3) is 0.440. The first-order chi connectivity index (χ1) is 15.4. The van der Waals surface area contributed by atoms with Crippen LogP contribution in [0.3, 0.4) is 0 Å². The monoisotopic (exact) mass is 437 g/mol. The van der Waals surface area contributed by atoms with Crippen molar-refractivity contribution in [3.63, 3.8) is 0 Å². The molecule has 2 aliphatic heterocycles. The van der Waals surface area contributed by atoms with Crippen LogP contribution in [0.2, 0.25) is 0 Å². The Balaban J connectivity index is 1.38. The average molecular weight is 438 g/mol. The first-order valence-corrected chi connectivity index (χ1v) is 11.2. The lowest BCUT2D eigenvalue weighted by Gasteiger charge is -2.23. The summed E-state index contributed by atoms with van der Waals surface area (Å²) in [5, 5.41) is 3.05. The summed E-state index contributed by atoms with van der Waals surface area (Å²) >= 11 is 0. The van der Waals surface area contributed by atoms with Gasteiger partial charge < -0.3 is 19.7 Å². The van der Waals surface area contributed by atoms with Crippen LogP contribution in [0.25, 0.3) is 0 Å². The van der Waals surface area contributed by atoms with Gasteiger partial charge in [-0.1, -0.05) is 24.3 Å². The third-order valence-electron chi connectivity index (χ3n) is 6.21. The number of carbonyl (C=O) groups is 2. The molecule has 1 fully saturated rings. The van der Waals surface area contributed by atoms with Crippen LogP contribution in [0.5, 0.6) is 11.5 Å². The van der Waals surface area contributed by atoms with Crippen LogP contribution in [-0.2, 0) is 22.7 Å². The zero-order valence-corrected chi connectivity index (χ0v) is 19.0. The van der Waals surface area contributed by atoms with Gasteiger partial charge in [0, 0.05) is 43.9 Å². The summed E-state index contributed by atoms with van der Waals surface area (Å²) in [7, 11) is 2.09. The van der Waals surface area contributed by atoms with Crippen molar-refractivity contribution < 1.29 is 19.1 Å². The lowest BCUT2D eigenvalue weighted by Crippen LogP contribution is -2.33. The van der Waals surface area contributed by atoms with Crippen molar-refractivity contribution in [2.45, 2.75) is 39.4 Å². The molecule has 0 radical (unpaired) electrons. The van der Waals surface area contributed by atoms with Crippen LogP contribution in [0.15, 0.2) is 42.5 Å². The molecule has 2 aliphatic rings. The molecule has 2 aromatic carbocycles. The van der Waals surface area contributed by atoms with E-state index in [1.165, 1.54) is 5.56 Å².